The molecule has 0 amide bonds. The summed E-state index contributed by atoms with van der Waals surface area (Å²) in [6.07, 6.45) is 2.93. The van der Waals surface area contributed by atoms with E-state index in [1.54, 1.807) is 6.07 Å². The Bertz CT molecular complexity index is 429. The normalized spacial score (nSPS) is 18.2. The zero-order valence-electron chi connectivity index (χ0n) is 8.65. The van der Waals surface area contributed by atoms with Crippen LogP contribution in [0.3, 0.4) is 0 Å². The van der Waals surface area contributed by atoms with Gasteiger partial charge in [0.15, 0.2) is 0 Å². The fourth-order valence-electron chi connectivity index (χ4n) is 1.46. The van der Waals surface area contributed by atoms with Crippen molar-refractivity contribution in [2.24, 2.45) is 0 Å². The molecule has 1 aliphatic rings. The smallest absolute Gasteiger partial charge is 0.268 e. The van der Waals surface area contributed by atoms with Crippen molar-refractivity contribution >= 4 is 16.2 Å². The zero-order chi connectivity index (χ0) is 11.4. The fourth-order valence-corrected chi connectivity index (χ4v) is 2.55. The first-order valence-electron chi connectivity index (χ1n) is 5.00. The molecule has 0 bridgehead atoms. The van der Waals surface area contributed by atoms with Crippen molar-refractivity contribution in [2.45, 2.75) is 0 Å². The molecule has 2 N–H and O–H groups in total. The minimum Gasteiger partial charge on any atom is -0.366 e. The van der Waals surface area contributed by atoms with Crippen LogP contribution in [0, 0.1) is 0 Å². The average Bonchev–Trinajstić information content (AvgIpc) is 2.31. The van der Waals surface area contributed by atoms with E-state index >= 15 is 0 Å². The number of nitrogens with two attached hydrogens (primary N) is 1. The Kier molecular flexibility index (Phi) is 3.32. The molecule has 16 heavy (non-hydrogen) atoms. The van der Waals surface area contributed by atoms with Crippen molar-refractivity contribution in [3.8, 4) is 0 Å². The molecule has 0 aromatic carbocycles. The lowest BCUT2D eigenvalue weighted by atomic mass is 10.4. The van der Waals surface area contributed by atoms with Gasteiger partial charge >= 0.3 is 0 Å². The quantitative estimate of drug-likeness (QED) is 0.707. The SMILES string of the molecule is O=S(=O)([N-]c1ncccn1)N1CC[NH2+]CC1. The molecule has 1 aromatic rings. The molecular formula is C8H13N5O2S. The van der Waals surface area contributed by atoms with Crippen molar-refractivity contribution in [3.05, 3.63) is 23.2 Å². The van der Waals surface area contributed by atoms with Crippen molar-refractivity contribution in [3.63, 3.8) is 0 Å². The largest absolute Gasteiger partial charge is 0.366 e. The standard InChI is InChI=1S/C8H12N5O2S/c14-16(15,13-6-4-9-5-7-13)12-8-10-2-1-3-11-8/h1-3,9H,4-7H2/q-1/p+1. The van der Waals surface area contributed by atoms with Crippen LogP contribution in [-0.4, -0.2) is 48.9 Å². The van der Waals surface area contributed by atoms with Gasteiger partial charge in [0, 0.05) is 5.95 Å². The average molecular weight is 243 g/mol. The Hall–Kier alpha value is -1.25. The molecule has 0 atom stereocenters. The van der Waals surface area contributed by atoms with Gasteiger partial charge in [-0.15, -0.1) is 0 Å². The molecule has 1 aliphatic heterocycles. The minimum absolute atomic E-state index is 0.0166. The summed E-state index contributed by atoms with van der Waals surface area (Å²) in [6, 6.07) is 1.61. The van der Waals surface area contributed by atoms with Gasteiger partial charge in [-0.3, -0.25) is 4.72 Å². The summed E-state index contributed by atoms with van der Waals surface area (Å²) in [5, 5.41) is 2.07. The number of rotatable bonds is 3. The van der Waals surface area contributed by atoms with Crippen LogP contribution in [0.15, 0.2) is 18.5 Å². The first-order chi connectivity index (χ1) is 7.68. The summed E-state index contributed by atoms with van der Waals surface area (Å²) in [5.74, 6) is -0.0166. The second kappa shape index (κ2) is 4.73. The van der Waals surface area contributed by atoms with E-state index in [-0.39, 0.29) is 5.95 Å². The third-order valence-electron chi connectivity index (χ3n) is 2.24. The van der Waals surface area contributed by atoms with Crippen LogP contribution < -0.4 is 5.32 Å². The van der Waals surface area contributed by atoms with Crippen LogP contribution in [0.2, 0.25) is 0 Å². The van der Waals surface area contributed by atoms with E-state index in [4.69, 9.17) is 0 Å². The minimum atomic E-state index is -3.62. The van der Waals surface area contributed by atoms with Gasteiger partial charge in [-0.2, -0.15) is 4.31 Å². The number of piperazine rings is 1. The third-order valence-corrected chi connectivity index (χ3v) is 3.65. The maximum atomic E-state index is 11.8. The molecule has 0 saturated carbocycles. The van der Waals surface area contributed by atoms with Gasteiger partial charge in [0.25, 0.3) is 10.2 Å². The topological polar surface area (TPSA) is 93.9 Å². The number of nitrogens with zero attached hydrogens (tertiary/aromatic N) is 4. The van der Waals surface area contributed by atoms with Gasteiger partial charge in [0.05, 0.1) is 26.2 Å². The zero-order valence-corrected chi connectivity index (χ0v) is 9.47. The van der Waals surface area contributed by atoms with Crippen LogP contribution in [0.25, 0.3) is 4.72 Å². The van der Waals surface area contributed by atoms with E-state index in [9.17, 15) is 8.42 Å². The fraction of sp³-hybridized carbons (Fsp3) is 0.500. The molecular weight excluding hydrogens is 230 g/mol. The summed E-state index contributed by atoms with van der Waals surface area (Å²) in [7, 11) is -3.62. The first kappa shape index (κ1) is 11.2. The Morgan fingerprint density at radius 3 is 2.50 bits per heavy atom. The monoisotopic (exact) mass is 243 g/mol. The van der Waals surface area contributed by atoms with E-state index in [1.165, 1.54) is 16.7 Å². The molecule has 2 rings (SSSR count). The first-order valence-corrected chi connectivity index (χ1v) is 6.40. The van der Waals surface area contributed by atoms with Gasteiger partial charge in [0.2, 0.25) is 0 Å². The lowest BCUT2D eigenvalue weighted by Crippen LogP contribution is -2.89. The maximum absolute atomic E-state index is 11.8. The summed E-state index contributed by atoms with van der Waals surface area (Å²) in [4.78, 5) is 7.53. The molecule has 1 fully saturated rings. The van der Waals surface area contributed by atoms with Crippen LogP contribution in [0.5, 0.6) is 0 Å². The van der Waals surface area contributed by atoms with E-state index < -0.39 is 10.2 Å². The third kappa shape index (κ3) is 2.65. The molecule has 0 unspecified atom stereocenters. The highest BCUT2D eigenvalue weighted by molar-refractivity contribution is 7.92. The second-order valence-electron chi connectivity index (χ2n) is 3.38. The van der Waals surface area contributed by atoms with Crippen LogP contribution in [0.4, 0.5) is 5.95 Å². The van der Waals surface area contributed by atoms with E-state index in [2.05, 4.69) is 20.0 Å². The number of hydrogen-bond acceptors (Lipinski definition) is 4. The van der Waals surface area contributed by atoms with Crippen molar-refractivity contribution in [2.75, 3.05) is 26.2 Å². The van der Waals surface area contributed by atoms with E-state index in [0.29, 0.717) is 13.1 Å². The summed E-state index contributed by atoms with van der Waals surface area (Å²) < 4.78 is 28.6. The molecule has 1 saturated heterocycles. The Morgan fingerprint density at radius 2 is 1.88 bits per heavy atom. The molecule has 2 heterocycles. The van der Waals surface area contributed by atoms with Gasteiger partial charge in [-0.05, 0) is 12.4 Å². The Morgan fingerprint density at radius 1 is 1.25 bits per heavy atom. The van der Waals surface area contributed by atoms with Crippen molar-refractivity contribution in [1.29, 1.82) is 0 Å². The molecule has 7 nitrogen and oxygen atoms in total. The predicted molar refractivity (Wildman–Crippen MR) is 57.2 cm³/mol. The lowest BCUT2D eigenvalue weighted by molar-refractivity contribution is -0.661. The van der Waals surface area contributed by atoms with Gasteiger partial charge in [0.1, 0.15) is 0 Å². The van der Waals surface area contributed by atoms with Crippen LogP contribution in [-0.2, 0) is 10.2 Å². The van der Waals surface area contributed by atoms with E-state index in [0.717, 1.165) is 13.1 Å². The van der Waals surface area contributed by atoms with E-state index in [1.807, 2.05) is 0 Å². The highest BCUT2D eigenvalue weighted by Gasteiger charge is 2.23. The highest BCUT2D eigenvalue weighted by atomic mass is 32.2. The molecule has 88 valence electrons. The molecule has 0 radical (unpaired) electrons. The van der Waals surface area contributed by atoms with Crippen LogP contribution >= 0.6 is 0 Å². The Labute approximate surface area is 94.1 Å². The lowest BCUT2D eigenvalue weighted by Gasteiger charge is -2.26. The number of aromatic nitrogens is 2. The molecule has 1 aromatic heterocycles. The molecule has 0 aliphatic carbocycles. The Balaban J connectivity index is 2.08. The number of hydrogen-bond donors (Lipinski definition) is 1. The van der Waals surface area contributed by atoms with Crippen molar-refractivity contribution < 1.29 is 13.7 Å². The molecule has 0 spiro atoms. The summed E-state index contributed by atoms with van der Waals surface area (Å²) >= 11 is 0. The van der Waals surface area contributed by atoms with Crippen molar-refractivity contribution in [1.82, 2.24) is 14.3 Å². The van der Waals surface area contributed by atoms with Gasteiger partial charge in [-0.1, -0.05) is 6.07 Å². The second-order valence-corrected chi connectivity index (χ2v) is 4.98. The predicted octanol–water partition coefficient (Wildman–Crippen LogP) is -1.39. The summed E-state index contributed by atoms with van der Waals surface area (Å²) in [5.41, 5.74) is 0. The van der Waals surface area contributed by atoms with Crippen LogP contribution in [0.1, 0.15) is 0 Å². The van der Waals surface area contributed by atoms with Gasteiger partial charge in [-0.25, -0.2) is 8.42 Å². The van der Waals surface area contributed by atoms with Gasteiger partial charge < -0.3 is 15.3 Å². The number of quaternary nitrogens is 1. The highest BCUT2D eigenvalue weighted by Crippen LogP contribution is 2.18. The maximum Gasteiger partial charge on any atom is 0.268 e. The summed E-state index contributed by atoms with van der Waals surface area (Å²) in [6.45, 7) is 2.51. The molecule has 8 heteroatoms.